The van der Waals surface area contributed by atoms with Crippen molar-refractivity contribution in [2.24, 2.45) is 9.98 Å². The Labute approximate surface area is 173 Å². The van der Waals surface area contributed by atoms with Crippen LogP contribution in [0.15, 0.2) is 77.0 Å². The van der Waals surface area contributed by atoms with Gasteiger partial charge in [0.05, 0.1) is 24.0 Å². The molecule has 0 saturated heterocycles. The smallest absolute Gasteiger partial charge is 0.267 e. The number of fused-ring (bicyclic) bond motifs is 2. The van der Waals surface area contributed by atoms with E-state index >= 15 is 0 Å². The Morgan fingerprint density at radius 3 is 2.63 bits per heavy atom. The Morgan fingerprint density at radius 2 is 1.87 bits per heavy atom. The third-order valence-corrected chi connectivity index (χ3v) is 5.33. The molecule has 0 saturated carbocycles. The molecule has 2 aliphatic heterocycles. The van der Waals surface area contributed by atoms with Gasteiger partial charge in [-0.05, 0) is 34.9 Å². The molecule has 3 aromatic rings. The number of amides is 1. The van der Waals surface area contributed by atoms with Gasteiger partial charge < -0.3 is 5.32 Å². The lowest BCUT2D eigenvalue weighted by Crippen LogP contribution is -2.33. The zero-order valence-electron chi connectivity index (χ0n) is 16.0. The Morgan fingerprint density at radius 1 is 1.07 bits per heavy atom. The van der Waals surface area contributed by atoms with Gasteiger partial charge in [0, 0.05) is 29.9 Å². The lowest BCUT2D eigenvalue weighted by molar-refractivity contribution is -0.115. The van der Waals surface area contributed by atoms with Crippen LogP contribution in [0.2, 0.25) is 0 Å². The van der Waals surface area contributed by atoms with Crippen molar-refractivity contribution in [2.45, 2.75) is 19.0 Å². The minimum Gasteiger partial charge on any atom is -0.331 e. The molecule has 0 unspecified atom stereocenters. The minimum atomic E-state index is -0.708. The molecule has 1 atom stereocenters. The fourth-order valence-corrected chi connectivity index (χ4v) is 3.83. The highest BCUT2D eigenvalue weighted by Crippen LogP contribution is 2.34. The third-order valence-electron chi connectivity index (χ3n) is 5.33. The Kier molecular flexibility index (Phi) is 4.41. The maximum Gasteiger partial charge on any atom is 0.267 e. The van der Waals surface area contributed by atoms with Gasteiger partial charge in [-0.25, -0.2) is 4.99 Å². The number of nitriles is 1. The second-order valence-electron chi connectivity index (χ2n) is 7.22. The molecule has 144 valence electrons. The Bertz CT molecular complexity index is 1240. The van der Waals surface area contributed by atoms with Gasteiger partial charge >= 0.3 is 0 Å². The van der Waals surface area contributed by atoms with Crippen molar-refractivity contribution in [1.82, 2.24) is 10.3 Å². The summed E-state index contributed by atoms with van der Waals surface area (Å²) in [4.78, 5) is 26.1. The average Bonchev–Trinajstić information content (AvgIpc) is 3.40. The summed E-state index contributed by atoms with van der Waals surface area (Å²) in [5.74, 6) is -0.315. The molecule has 0 fully saturated rings. The lowest BCUT2D eigenvalue weighted by atomic mass is 9.97. The number of benzene rings is 2. The van der Waals surface area contributed by atoms with Gasteiger partial charge in [-0.2, -0.15) is 5.26 Å². The van der Waals surface area contributed by atoms with Crippen LogP contribution in [-0.2, 0) is 17.8 Å². The molecule has 1 N–H and O–H groups in total. The monoisotopic (exact) mass is 391 g/mol. The van der Waals surface area contributed by atoms with Crippen LogP contribution in [-0.4, -0.2) is 22.3 Å². The highest BCUT2D eigenvalue weighted by atomic mass is 16.2. The molecule has 6 nitrogen and oxygen atoms in total. The van der Waals surface area contributed by atoms with Crippen molar-refractivity contribution in [1.29, 1.82) is 5.26 Å². The summed E-state index contributed by atoms with van der Waals surface area (Å²) in [5.41, 5.74) is 7.10. The molecule has 5 rings (SSSR count). The van der Waals surface area contributed by atoms with Crippen LogP contribution in [0.4, 0.5) is 5.69 Å². The minimum absolute atomic E-state index is 0.315. The SMILES string of the molecule is N#C[C@@H](NC(=O)C1=Nc2cc3c(cc2C1)CN=C3c1ccncc1)c1ccccc1. The number of hydrogen-bond acceptors (Lipinski definition) is 5. The predicted molar refractivity (Wildman–Crippen MR) is 114 cm³/mol. The summed E-state index contributed by atoms with van der Waals surface area (Å²) in [7, 11) is 0. The van der Waals surface area contributed by atoms with Crippen LogP contribution in [0.3, 0.4) is 0 Å². The average molecular weight is 391 g/mol. The number of nitrogens with zero attached hydrogens (tertiary/aromatic N) is 4. The molecule has 6 heteroatoms. The highest BCUT2D eigenvalue weighted by molar-refractivity contribution is 6.41. The lowest BCUT2D eigenvalue weighted by Gasteiger charge is -2.11. The molecule has 3 heterocycles. The van der Waals surface area contributed by atoms with Crippen LogP contribution in [0, 0.1) is 11.3 Å². The van der Waals surface area contributed by atoms with Crippen molar-refractivity contribution in [3.05, 3.63) is 94.8 Å². The quantitative estimate of drug-likeness (QED) is 0.739. The first-order valence-electron chi connectivity index (χ1n) is 9.67. The zero-order chi connectivity index (χ0) is 20.5. The summed E-state index contributed by atoms with van der Waals surface area (Å²) in [5, 5.41) is 12.3. The van der Waals surface area contributed by atoms with Crippen LogP contribution in [0.1, 0.15) is 33.9 Å². The largest absolute Gasteiger partial charge is 0.331 e. The first-order chi connectivity index (χ1) is 14.7. The first kappa shape index (κ1) is 18.0. The van der Waals surface area contributed by atoms with Crippen molar-refractivity contribution in [2.75, 3.05) is 0 Å². The second kappa shape index (κ2) is 7.37. The number of rotatable bonds is 4. The van der Waals surface area contributed by atoms with Crippen LogP contribution in [0.5, 0.6) is 0 Å². The predicted octanol–water partition coefficient (Wildman–Crippen LogP) is 3.44. The molecule has 0 bridgehead atoms. The van der Waals surface area contributed by atoms with Gasteiger partial charge in [0.2, 0.25) is 0 Å². The normalized spacial score (nSPS) is 14.8. The van der Waals surface area contributed by atoms with Crippen molar-refractivity contribution < 1.29 is 4.79 Å². The van der Waals surface area contributed by atoms with E-state index in [1.165, 1.54) is 0 Å². The summed E-state index contributed by atoms with van der Waals surface area (Å²) < 4.78 is 0. The van der Waals surface area contributed by atoms with Crippen molar-refractivity contribution in [3.63, 3.8) is 0 Å². The molecular formula is C24H17N5O. The molecule has 0 aliphatic carbocycles. The fraction of sp³-hybridized carbons (Fsp3) is 0.125. The van der Waals surface area contributed by atoms with Crippen LogP contribution in [0.25, 0.3) is 0 Å². The van der Waals surface area contributed by atoms with Crippen molar-refractivity contribution >= 4 is 23.0 Å². The van der Waals surface area contributed by atoms with Crippen LogP contribution >= 0.6 is 0 Å². The zero-order valence-corrected chi connectivity index (χ0v) is 16.0. The maximum absolute atomic E-state index is 12.8. The van der Waals surface area contributed by atoms with Gasteiger partial charge in [0.25, 0.3) is 5.91 Å². The number of carbonyl (C=O) groups is 1. The number of hydrogen-bond donors (Lipinski definition) is 1. The second-order valence-corrected chi connectivity index (χ2v) is 7.22. The number of carbonyl (C=O) groups excluding carboxylic acids is 1. The third kappa shape index (κ3) is 3.16. The summed E-state index contributed by atoms with van der Waals surface area (Å²) >= 11 is 0. The van der Waals surface area contributed by atoms with E-state index in [-0.39, 0.29) is 5.91 Å². The van der Waals surface area contributed by atoms with Crippen LogP contribution < -0.4 is 5.32 Å². The van der Waals surface area contributed by atoms with E-state index in [1.807, 2.05) is 48.5 Å². The van der Waals surface area contributed by atoms with Gasteiger partial charge in [-0.15, -0.1) is 0 Å². The van der Waals surface area contributed by atoms with E-state index in [1.54, 1.807) is 12.4 Å². The number of aliphatic imine (C=N–C) groups is 2. The standard InChI is InChI=1S/C24H17N5O/c25-13-22(15-4-2-1-3-5-15)29-24(30)21-11-17-10-18-14-27-23(16-6-8-26-9-7-16)19(18)12-20(17)28-21/h1-10,12,22H,11,14H2,(H,29,30)/t22-/m1/s1. The molecule has 30 heavy (non-hydrogen) atoms. The first-order valence-corrected chi connectivity index (χ1v) is 9.67. The summed E-state index contributed by atoms with van der Waals surface area (Å²) in [6, 6.07) is 18.6. The van der Waals surface area contributed by atoms with E-state index in [0.717, 1.165) is 39.2 Å². The van der Waals surface area contributed by atoms with E-state index in [0.29, 0.717) is 18.7 Å². The van der Waals surface area contributed by atoms with Gasteiger partial charge in [0.1, 0.15) is 11.8 Å². The Balaban J connectivity index is 1.39. The number of nitrogens with one attached hydrogen (secondary N) is 1. The topological polar surface area (TPSA) is 90.5 Å². The van der Waals surface area contributed by atoms with Gasteiger partial charge in [-0.1, -0.05) is 36.4 Å². The Hall–Kier alpha value is -4.11. The van der Waals surface area contributed by atoms with E-state index < -0.39 is 6.04 Å². The van der Waals surface area contributed by atoms with Crippen molar-refractivity contribution in [3.8, 4) is 6.07 Å². The summed E-state index contributed by atoms with van der Waals surface area (Å²) in [6.45, 7) is 0.617. The van der Waals surface area contributed by atoms with E-state index in [4.69, 9.17) is 0 Å². The molecule has 1 aromatic heterocycles. The molecular weight excluding hydrogens is 374 g/mol. The molecule has 2 aliphatic rings. The van der Waals surface area contributed by atoms with Gasteiger partial charge in [-0.3, -0.25) is 14.8 Å². The molecule has 1 amide bonds. The maximum atomic E-state index is 12.8. The van der Waals surface area contributed by atoms with E-state index in [9.17, 15) is 10.1 Å². The molecule has 0 spiro atoms. The molecule has 0 radical (unpaired) electrons. The number of pyridine rings is 1. The fourth-order valence-electron chi connectivity index (χ4n) is 3.83. The summed E-state index contributed by atoms with van der Waals surface area (Å²) in [6.07, 6.45) is 3.95. The molecule has 2 aromatic carbocycles. The highest BCUT2D eigenvalue weighted by Gasteiger charge is 2.27. The van der Waals surface area contributed by atoms with Gasteiger partial charge in [0.15, 0.2) is 0 Å². The number of aromatic nitrogens is 1. The van der Waals surface area contributed by atoms with E-state index in [2.05, 4.69) is 32.4 Å².